The van der Waals surface area contributed by atoms with Crippen molar-refractivity contribution in [2.24, 2.45) is 0 Å². The van der Waals surface area contributed by atoms with Gasteiger partial charge in [0.2, 0.25) is 0 Å². The van der Waals surface area contributed by atoms with Crippen molar-refractivity contribution in [3.8, 4) is 22.6 Å². The van der Waals surface area contributed by atoms with Crippen LogP contribution in [-0.4, -0.2) is 12.5 Å². The minimum atomic E-state index is -0.149. The first-order valence-corrected chi connectivity index (χ1v) is 15.4. The Bertz CT molecular complexity index is 1670. The number of halogens is 2. The van der Waals surface area contributed by atoms with Crippen LogP contribution in [0.5, 0.6) is 11.5 Å². The van der Waals surface area contributed by atoms with Crippen LogP contribution in [-0.2, 0) is 19.5 Å². The molecule has 5 nitrogen and oxygen atoms in total. The molecule has 0 unspecified atom stereocenters. The molecule has 210 valence electrons. The number of carbonyl (C=O) groups excluding carboxylic acids is 1. The Morgan fingerprint density at radius 2 is 1.43 bits per heavy atom. The van der Waals surface area contributed by atoms with E-state index in [0.717, 1.165) is 50.2 Å². The quantitative estimate of drug-likeness (QED) is 0.163. The minimum absolute atomic E-state index is 0.149. The van der Waals surface area contributed by atoms with Gasteiger partial charge in [-0.2, -0.15) is 0 Å². The van der Waals surface area contributed by atoms with E-state index in [1.807, 2.05) is 65.7 Å². The Morgan fingerprint density at radius 3 is 2.14 bits per heavy atom. The van der Waals surface area contributed by atoms with Crippen LogP contribution in [0.4, 0.5) is 5.69 Å². The van der Waals surface area contributed by atoms with E-state index in [4.69, 9.17) is 4.74 Å². The van der Waals surface area contributed by atoms with Gasteiger partial charge in [0.1, 0.15) is 11.5 Å². The molecule has 1 aliphatic rings. The normalized spacial score (nSPS) is 12.2. The lowest BCUT2D eigenvalue weighted by molar-refractivity contribution is 0.0948. The summed E-state index contributed by atoms with van der Waals surface area (Å²) in [5.74, 6) is 1.47. The second-order valence-electron chi connectivity index (χ2n) is 10.1. The maximum absolute atomic E-state index is 13.2. The first-order chi connectivity index (χ1) is 20.5. The Balaban J connectivity index is 1.05. The summed E-state index contributed by atoms with van der Waals surface area (Å²) >= 11 is 7.36. The van der Waals surface area contributed by atoms with Crippen LogP contribution < -0.4 is 20.5 Å². The predicted molar refractivity (Wildman–Crippen MR) is 176 cm³/mol. The van der Waals surface area contributed by atoms with Gasteiger partial charge in [0.15, 0.2) is 0 Å². The topological polar surface area (TPSA) is 53.6 Å². The van der Waals surface area contributed by atoms with Gasteiger partial charge in [0, 0.05) is 34.1 Å². The van der Waals surface area contributed by atoms with Gasteiger partial charge < -0.3 is 10.1 Å². The summed E-state index contributed by atoms with van der Waals surface area (Å²) in [6, 6.07) is 38.4. The summed E-state index contributed by atoms with van der Waals surface area (Å²) in [4.78, 5) is 13.2. The van der Waals surface area contributed by atoms with Crippen LogP contribution in [0, 0.1) is 0 Å². The number of anilines is 1. The smallest absolute Gasteiger partial charge is 0.269 e. The molecule has 0 saturated heterocycles. The maximum Gasteiger partial charge on any atom is 0.269 e. The molecule has 1 amide bonds. The highest BCUT2D eigenvalue weighted by Gasteiger charge is 2.20. The average molecular weight is 683 g/mol. The van der Waals surface area contributed by atoms with Crippen LogP contribution in [0.2, 0.25) is 0 Å². The van der Waals surface area contributed by atoms with Crippen LogP contribution in [0.1, 0.15) is 27.0 Å². The second kappa shape index (κ2) is 12.9. The Labute approximate surface area is 262 Å². The fourth-order valence-corrected chi connectivity index (χ4v) is 6.52. The van der Waals surface area contributed by atoms with Gasteiger partial charge >= 0.3 is 0 Å². The number of rotatable bonds is 9. The number of nitrogens with zero attached hydrogens (tertiary/aromatic N) is 1. The number of nitrogens with one attached hydrogen (secondary N) is 2. The lowest BCUT2D eigenvalue weighted by atomic mass is 9.95. The standard InChI is InChI=1S/C35H29Br2N3O2/c36-33-20-27(35(41)39-40-18-17-26-19-28(40)13-16-31(26)25-7-3-1-4-8-25)21-34(37)32(33)23-38-22-24-11-14-30(15-12-24)42-29-9-5-2-6-10-29/h1-16,19-21,38H,17-18,22-23H2,(H,39,41). The highest BCUT2D eigenvalue weighted by atomic mass is 79.9. The van der Waals surface area contributed by atoms with Crippen molar-refractivity contribution in [2.75, 3.05) is 11.6 Å². The third-order valence-electron chi connectivity index (χ3n) is 7.26. The third kappa shape index (κ3) is 6.59. The van der Waals surface area contributed by atoms with E-state index in [0.29, 0.717) is 18.7 Å². The number of benzene rings is 5. The van der Waals surface area contributed by atoms with Gasteiger partial charge in [-0.15, -0.1) is 0 Å². The van der Waals surface area contributed by atoms with Gasteiger partial charge in [-0.3, -0.25) is 15.2 Å². The summed E-state index contributed by atoms with van der Waals surface area (Å²) in [6.45, 7) is 2.05. The van der Waals surface area contributed by atoms with Crippen molar-refractivity contribution < 1.29 is 9.53 Å². The van der Waals surface area contributed by atoms with Crippen molar-refractivity contribution in [1.82, 2.24) is 10.7 Å². The minimum Gasteiger partial charge on any atom is -0.457 e. The van der Waals surface area contributed by atoms with Crippen molar-refractivity contribution in [3.05, 3.63) is 146 Å². The first-order valence-electron chi connectivity index (χ1n) is 13.8. The van der Waals surface area contributed by atoms with Crippen molar-refractivity contribution in [3.63, 3.8) is 0 Å². The maximum atomic E-state index is 13.2. The van der Waals surface area contributed by atoms with Crippen LogP contribution in [0.3, 0.4) is 0 Å². The molecule has 1 heterocycles. The molecule has 0 radical (unpaired) electrons. The molecular weight excluding hydrogens is 654 g/mol. The summed E-state index contributed by atoms with van der Waals surface area (Å²) < 4.78 is 7.62. The van der Waals surface area contributed by atoms with E-state index in [2.05, 4.69) is 97.2 Å². The molecule has 42 heavy (non-hydrogen) atoms. The molecule has 6 rings (SSSR count). The molecule has 0 saturated carbocycles. The average Bonchev–Trinajstić information content (AvgIpc) is 3.01. The Hall–Kier alpha value is -3.91. The fraction of sp³-hybridized carbons (Fsp3) is 0.114. The molecule has 0 aromatic heterocycles. The van der Waals surface area contributed by atoms with Gasteiger partial charge in [0.05, 0.1) is 5.69 Å². The van der Waals surface area contributed by atoms with Gasteiger partial charge in [0.25, 0.3) is 5.91 Å². The molecule has 2 N–H and O–H groups in total. The molecule has 2 bridgehead atoms. The Kier molecular flexibility index (Phi) is 8.70. The van der Waals surface area contributed by atoms with Gasteiger partial charge in [-0.1, -0.05) is 98.6 Å². The summed E-state index contributed by atoms with van der Waals surface area (Å²) in [6.07, 6.45) is 0.860. The molecule has 7 heteroatoms. The largest absolute Gasteiger partial charge is 0.457 e. The summed E-state index contributed by atoms with van der Waals surface area (Å²) in [7, 11) is 0. The molecule has 0 atom stereocenters. The number of amides is 1. The molecule has 1 aliphatic heterocycles. The van der Waals surface area contributed by atoms with Gasteiger partial charge in [-0.25, -0.2) is 0 Å². The predicted octanol–water partition coefficient (Wildman–Crippen LogP) is 8.67. The monoisotopic (exact) mass is 681 g/mol. The molecule has 5 aromatic carbocycles. The van der Waals surface area contributed by atoms with Crippen molar-refractivity contribution >= 4 is 43.5 Å². The zero-order valence-corrected chi connectivity index (χ0v) is 26.0. The SMILES string of the molecule is O=C(NN1CCc2cc1ccc2-c1ccccc1)c1cc(Br)c(CNCc2ccc(Oc3ccccc3)cc2)c(Br)c1. The van der Waals surface area contributed by atoms with Crippen molar-refractivity contribution in [1.29, 1.82) is 0 Å². The molecule has 0 spiro atoms. The number of ether oxygens (including phenoxy) is 1. The highest BCUT2D eigenvalue weighted by molar-refractivity contribution is 9.11. The molecule has 0 fully saturated rings. The number of carbonyl (C=O) groups is 1. The van der Waals surface area contributed by atoms with Crippen molar-refractivity contribution in [2.45, 2.75) is 19.5 Å². The summed E-state index contributed by atoms with van der Waals surface area (Å²) in [5, 5.41) is 5.42. The number of para-hydroxylation sites is 1. The third-order valence-corrected chi connectivity index (χ3v) is 8.68. The Morgan fingerprint density at radius 1 is 0.762 bits per heavy atom. The number of fused-ring (bicyclic) bond motifs is 2. The zero-order valence-electron chi connectivity index (χ0n) is 22.8. The van der Waals surface area contributed by atoms with Crippen LogP contribution in [0.15, 0.2) is 124 Å². The molecule has 0 aliphatic carbocycles. The van der Waals surface area contributed by atoms with E-state index in [9.17, 15) is 4.79 Å². The first kappa shape index (κ1) is 28.2. The highest BCUT2D eigenvalue weighted by Crippen LogP contribution is 2.32. The van der Waals surface area contributed by atoms with E-state index in [1.54, 1.807) is 0 Å². The number of hydrogen-bond acceptors (Lipinski definition) is 4. The molecule has 5 aromatic rings. The number of hydrogen-bond donors (Lipinski definition) is 2. The second-order valence-corrected chi connectivity index (χ2v) is 11.8. The zero-order chi connectivity index (χ0) is 28.9. The summed E-state index contributed by atoms with van der Waals surface area (Å²) in [5.41, 5.74) is 10.6. The van der Waals surface area contributed by atoms with E-state index >= 15 is 0 Å². The van der Waals surface area contributed by atoms with E-state index in [1.165, 1.54) is 16.7 Å². The van der Waals surface area contributed by atoms with E-state index in [-0.39, 0.29) is 5.91 Å². The van der Waals surface area contributed by atoms with E-state index < -0.39 is 0 Å². The van der Waals surface area contributed by atoms with Crippen LogP contribution >= 0.6 is 31.9 Å². The lowest BCUT2D eigenvalue weighted by Crippen LogP contribution is -2.45. The fourth-order valence-electron chi connectivity index (χ4n) is 5.06. The van der Waals surface area contributed by atoms with Crippen LogP contribution in [0.25, 0.3) is 11.1 Å². The molecular formula is C35H29Br2N3O2. The van der Waals surface area contributed by atoms with Gasteiger partial charge in [-0.05, 0) is 82.8 Å². The lowest BCUT2D eigenvalue weighted by Gasteiger charge is -2.30. The number of hydrazine groups is 1.